The van der Waals surface area contributed by atoms with E-state index in [9.17, 15) is 0 Å². The third-order valence-corrected chi connectivity index (χ3v) is 3.57. The van der Waals surface area contributed by atoms with Crippen LogP contribution in [0.5, 0.6) is 0 Å². The molecule has 2 aromatic rings. The van der Waals surface area contributed by atoms with E-state index in [0.29, 0.717) is 0 Å². The van der Waals surface area contributed by atoms with Gasteiger partial charge in [-0.2, -0.15) is 0 Å². The normalized spacial score (nSPS) is 10.4. The standard InChI is InChI=1S/C14H17NS/c1-10-7-11(2)14(12(3)8-10)15-9-13-5-4-6-16-13/h4-8,15H,9H2,1-3H3. The smallest absolute Gasteiger partial charge is 0.0494 e. The summed E-state index contributed by atoms with van der Waals surface area (Å²) < 4.78 is 0. The lowest BCUT2D eigenvalue weighted by atomic mass is 10.1. The lowest BCUT2D eigenvalue weighted by molar-refractivity contribution is 1.16. The molecule has 84 valence electrons. The van der Waals surface area contributed by atoms with E-state index in [4.69, 9.17) is 0 Å². The molecule has 16 heavy (non-hydrogen) atoms. The first-order valence-electron chi connectivity index (χ1n) is 5.51. The molecule has 0 aliphatic carbocycles. The quantitative estimate of drug-likeness (QED) is 0.831. The number of benzene rings is 1. The molecule has 0 radical (unpaired) electrons. The molecule has 0 spiro atoms. The average molecular weight is 231 g/mol. The molecule has 0 atom stereocenters. The van der Waals surface area contributed by atoms with Gasteiger partial charge in [-0.15, -0.1) is 11.3 Å². The van der Waals surface area contributed by atoms with Gasteiger partial charge in [-0.25, -0.2) is 0 Å². The predicted octanol–water partition coefficient (Wildman–Crippen LogP) is 4.29. The Morgan fingerprint density at radius 2 is 1.81 bits per heavy atom. The Balaban J connectivity index is 2.15. The maximum Gasteiger partial charge on any atom is 0.0494 e. The van der Waals surface area contributed by atoms with Crippen LogP contribution in [-0.4, -0.2) is 0 Å². The van der Waals surface area contributed by atoms with Crippen LogP contribution >= 0.6 is 11.3 Å². The topological polar surface area (TPSA) is 12.0 Å². The van der Waals surface area contributed by atoms with Crippen molar-refractivity contribution < 1.29 is 0 Å². The lowest BCUT2D eigenvalue weighted by Gasteiger charge is -2.13. The van der Waals surface area contributed by atoms with Gasteiger partial charge in [-0.05, 0) is 43.3 Å². The van der Waals surface area contributed by atoms with Crippen LogP contribution < -0.4 is 5.32 Å². The van der Waals surface area contributed by atoms with E-state index in [-0.39, 0.29) is 0 Å². The first-order valence-corrected chi connectivity index (χ1v) is 6.39. The Bertz CT molecular complexity index is 448. The SMILES string of the molecule is Cc1cc(C)c(NCc2cccs2)c(C)c1. The van der Waals surface area contributed by atoms with E-state index in [1.807, 2.05) is 0 Å². The Labute approximate surface area is 101 Å². The van der Waals surface area contributed by atoms with Gasteiger partial charge in [0.2, 0.25) is 0 Å². The van der Waals surface area contributed by atoms with Gasteiger partial charge in [0, 0.05) is 17.1 Å². The Morgan fingerprint density at radius 1 is 1.12 bits per heavy atom. The number of thiophene rings is 1. The second kappa shape index (κ2) is 4.71. The highest BCUT2D eigenvalue weighted by Crippen LogP contribution is 2.23. The van der Waals surface area contributed by atoms with Crippen LogP contribution in [0.1, 0.15) is 21.6 Å². The van der Waals surface area contributed by atoms with Gasteiger partial charge < -0.3 is 5.32 Å². The number of nitrogens with one attached hydrogen (secondary N) is 1. The van der Waals surface area contributed by atoms with Crippen molar-refractivity contribution in [3.8, 4) is 0 Å². The molecule has 1 nitrogen and oxygen atoms in total. The van der Waals surface area contributed by atoms with Crippen LogP contribution in [0.2, 0.25) is 0 Å². The fraction of sp³-hybridized carbons (Fsp3) is 0.286. The third kappa shape index (κ3) is 2.45. The zero-order valence-electron chi connectivity index (χ0n) is 10.0. The number of rotatable bonds is 3. The summed E-state index contributed by atoms with van der Waals surface area (Å²) in [4.78, 5) is 1.37. The minimum Gasteiger partial charge on any atom is -0.380 e. The van der Waals surface area contributed by atoms with Gasteiger partial charge in [0.25, 0.3) is 0 Å². The van der Waals surface area contributed by atoms with Crippen LogP contribution in [0, 0.1) is 20.8 Å². The molecule has 2 rings (SSSR count). The van der Waals surface area contributed by atoms with Gasteiger partial charge in [-0.1, -0.05) is 23.8 Å². The fourth-order valence-corrected chi connectivity index (χ4v) is 2.69. The molecule has 1 aromatic heterocycles. The number of anilines is 1. The zero-order chi connectivity index (χ0) is 11.5. The second-order valence-corrected chi connectivity index (χ2v) is 5.24. The zero-order valence-corrected chi connectivity index (χ0v) is 10.8. The van der Waals surface area contributed by atoms with Crippen molar-refractivity contribution in [2.75, 3.05) is 5.32 Å². The molecule has 0 aliphatic rings. The van der Waals surface area contributed by atoms with Crippen molar-refractivity contribution in [2.24, 2.45) is 0 Å². The van der Waals surface area contributed by atoms with Gasteiger partial charge in [0.1, 0.15) is 0 Å². The van der Waals surface area contributed by atoms with Gasteiger partial charge in [0.15, 0.2) is 0 Å². The summed E-state index contributed by atoms with van der Waals surface area (Å²) in [6, 6.07) is 8.71. The van der Waals surface area contributed by atoms with Crippen LogP contribution in [0.15, 0.2) is 29.6 Å². The highest BCUT2D eigenvalue weighted by Gasteiger charge is 2.03. The molecule has 2 heteroatoms. The highest BCUT2D eigenvalue weighted by atomic mass is 32.1. The molecule has 1 N–H and O–H groups in total. The number of hydrogen-bond acceptors (Lipinski definition) is 2. The van der Waals surface area contributed by atoms with Crippen molar-refractivity contribution in [1.29, 1.82) is 0 Å². The summed E-state index contributed by atoms with van der Waals surface area (Å²) in [7, 11) is 0. The summed E-state index contributed by atoms with van der Waals surface area (Å²) in [6.07, 6.45) is 0. The largest absolute Gasteiger partial charge is 0.380 e. The van der Waals surface area contributed by atoms with Gasteiger partial charge in [-0.3, -0.25) is 0 Å². The molecule has 0 unspecified atom stereocenters. The molecule has 0 saturated carbocycles. The summed E-state index contributed by atoms with van der Waals surface area (Å²) in [5, 5.41) is 5.64. The van der Waals surface area contributed by atoms with Crippen molar-refractivity contribution in [1.82, 2.24) is 0 Å². The maximum atomic E-state index is 3.52. The summed E-state index contributed by atoms with van der Waals surface area (Å²) in [5.41, 5.74) is 5.26. The highest BCUT2D eigenvalue weighted by molar-refractivity contribution is 7.09. The molecular formula is C14H17NS. The monoisotopic (exact) mass is 231 g/mol. The van der Waals surface area contributed by atoms with E-state index < -0.39 is 0 Å². The molecule has 0 bridgehead atoms. The predicted molar refractivity (Wildman–Crippen MR) is 72.3 cm³/mol. The van der Waals surface area contributed by atoms with E-state index in [2.05, 4.69) is 55.7 Å². The molecule has 0 aliphatic heterocycles. The Hall–Kier alpha value is -1.28. The molecular weight excluding hydrogens is 214 g/mol. The Kier molecular flexibility index (Phi) is 3.30. The van der Waals surface area contributed by atoms with E-state index in [1.54, 1.807) is 11.3 Å². The first-order chi connectivity index (χ1) is 7.66. The van der Waals surface area contributed by atoms with Crippen molar-refractivity contribution in [3.05, 3.63) is 51.2 Å². The third-order valence-electron chi connectivity index (χ3n) is 2.70. The van der Waals surface area contributed by atoms with E-state index >= 15 is 0 Å². The van der Waals surface area contributed by atoms with Crippen LogP contribution in [0.25, 0.3) is 0 Å². The molecule has 0 amide bonds. The minimum absolute atomic E-state index is 0.919. The van der Waals surface area contributed by atoms with Gasteiger partial charge in [0.05, 0.1) is 0 Å². The molecule has 1 aromatic carbocycles. The first kappa shape index (κ1) is 11.2. The van der Waals surface area contributed by atoms with Crippen LogP contribution in [0.4, 0.5) is 5.69 Å². The van der Waals surface area contributed by atoms with Crippen LogP contribution in [0.3, 0.4) is 0 Å². The van der Waals surface area contributed by atoms with Crippen molar-refractivity contribution >= 4 is 17.0 Å². The second-order valence-electron chi connectivity index (χ2n) is 4.21. The molecule has 0 fully saturated rings. The van der Waals surface area contributed by atoms with Crippen LogP contribution in [-0.2, 0) is 6.54 Å². The average Bonchev–Trinajstić information content (AvgIpc) is 2.68. The Morgan fingerprint density at radius 3 is 2.38 bits per heavy atom. The summed E-state index contributed by atoms with van der Waals surface area (Å²) in [5.74, 6) is 0. The van der Waals surface area contributed by atoms with Crippen molar-refractivity contribution in [3.63, 3.8) is 0 Å². The maximum absolute atomic E-state index is 3.52. The summed E-state index contributed by atoms with van der Waals surface area (Å²) >= 11 is 1.79. The number of aryl methyl sites for hydroxylation is 3. The minimum atomic E-state index is 0.919. The fourth-order valence-electron chi connectivity index (χ4n) is 2.05. The molecule has 0 saturated heterocycles. The van der Waals surface area contributed by atoms with E-state index in [1.165, 1.54) is 27.3 Å². The van der Waals surface area contributed by atoms with E-state index in [0.717, 1.165) is 6.54 Å². The summed E-state index contributed by atoms with van der Waals surface area (Å²) in [6.45, 7) is 7.39. The number of hydrogen-bond donors (Lipinski definition) is 1. The lowest BCUT2D eigenvalue weighted by Crippen LogP contribution is -2.01. The van der Waals surface area contributed by atoms with Crippen molar-refractivity contribution in [2.45, 2.75) is 27.3 Å². The molecule has 1 heterocycles. The van der Waals surface area contributed by atoms with Gasteiger partial charge >= 0.3 is 0 Å².